The molecule has 1 aliphatic heterocycles. The molecule has 1 aliphatic rings. The minimum absolute atomic E-state index is 0.104. The van der Waals surface area contributed by atoms with Crippen molar-refractivity contribution in [2.45, 2.75) is 58.2 Å². The second-order valence-electron chi connectivity index (χ2n) is 8.67. The lowest BCUT2D eigenvalue weighted by Gasteiger charge is -2.32. The molecule has 3 rings (SSSR count). The Hall–Kier alpha value is -3.05. The van der Waals surface area contributed by atoms with E-state index in [9.17, 15) is 20.1 Å². The van der Waals surface area contributed by atoms with Crippen LogP contribution in [0.4, 0.5) is 0 Å². The van der Waals surface area contributed by atoms with Crippen molar-refractivity contribution in [3.63, 3.8) is 0 Å². The summed E-state index contributed by atoms with van der Waals surface area (Å²) in [5.41, 5.74) is 1.61. The third-order valence-electron chi connectivity index (χ3n) is 5.74. The summed E-state index contributed by atoms with van der Waals surface area (Å²) in [6, 6.07) is 9.70. The molecular formula is C26H30O5. The van der Waals surface area contributed by atoms with Gasteiger partial charge in [0, 0.05) is 11.5 Å². The molecule has 5 heteroatoms. The Morgan fingerprint density at radius 3 is 2.45 bits per heavy atom. The number of ketones is 1. The van der Waals surface area contributed by atoms with Crippen LogP contribution < -0.4 is 4.74 Å². The molecule has 3 N–H and O–H groups in total. The molecule has 3 unspecified atom stereocenters. The van der Waals surface area contributed by atoms with Gasteiger partial charge in [-0.05, 0) is 69.5 Å². The van der Waals surface area contributed by atoms with Gasteiger partial charge < -0.3 is 20.1 Å². The normalized spacial score (nSPS) is 19.5. The van der Waals surface area contributed by atoms with E-state index in [1.807, 2.05) is 20.8 Å². The molecule has 0 fully saturated rings. The van der Waals surface area contributed by atoms with Gasteiger partial charge in [0.2, 0.25) is 0 Å². The van der Waals surface area contributed by atoms with E-state index in [1.54, 1.807) is 49.4 Å². The van der Waals surface area contributed by atoms with Crippen molar-refractivity contribution in [3.05, 3.63) is 70.8 Å². The van der Waals surface area contributed by atoms with Crippen molar-refractivity contribution < 1.29 is 24.9 Å². The zero-order chi connectivity index (χ0) is 22.8. The average molecular weight is 423 g/mol. The number of ether oxygens (including phenoxy) is 1. The van der Waals surface area contributed by atoms with Crippen molar-refractivity contribution in [1.29, 1.82) is 0 Å². The topological polar surface area (TPSA) is 87.0 Å². The summed E-state index contributed by atoms with van der Waals surface area (Å²) >= 11 is 0. The van der Waals surface area contributed by atoms with Crippen molar-refractivity contribution in [3.8, 4) is 17.2 Å². The second kappa shape index (κ2) is 8.98. The van der Waals surface area contributed by atoms with Gasteiger partial charge in [0.1, 0.15) is 23.4 Å². The Labute approximate surface area is 183 Å². The molecule has 2 aromatic rings. The monoisotopic (exact) mass is 422 g/mol. The molecule has 0 saturated heterocycles. The Morgan fingerprint density at radius 2 is 1.81 bits per heavy atom. The Morgan fingerprint density at radius 1 is 1.13 bits per heavy atom. The highest BCUT2D eigenvalue weighted by atomic mass is 16.5. The van der Waals surface area contributed by atoms with E-state index >= 15 is 0 Å². The highest BCUT2D eigenvalue weighted by Gasteiger charge is 2.45. The number of phenols is 2. The molecule has 0 bridgehead atoms. The van der Waals surface area contributed by atoms with Crippen LogP contribution in [0.1, 0.15) is 67.9 Å². The van der Waals surface area contributed by atoms with Crippen LogP contribution in [0.15, 0.2) is 54.1 Å². The molecular weight excluding hydrogens is 392 g/mol. The van der Waals surface area contributed by atoms with Gasteiger partial charge in [-0.25, -0.2) is 0 Å². The van der Waals surface area contributed by atoms with Gasteiger partial charge in [-0.1, -0.05) is 36.8 Å². The van der Waals surface area contributed by atoms with Crippen molar-refractivity contribution in [2.75, 3.05) is 0 Å². The first kappa shape index (κ1) is 22.6. The van der Waals surface area contributed by atoms with Gasteiger partial charge in [0.15, 0.2) is 5.78 Å². The van der Waals surface area contributed by atoms with Gasteiger partial charge in [-0.15, -0.1) is 0 Å². The lowest BCUT2D eigenvalue weighted by molar-refractivity contribution is -0.0518. The zero-order valence-electron chi connectivity index (χ0n) is 18.4. The molecule has 164 valence electrons. The highest BCUT2D eigenvalue weighted by molar-refractivity contribution is 6.09. The maximum atomic E-state index is 12.7. The van der Waals surface area contributed by atoms with Crippen molar-refractivity contribution >= 4 is 11.9 Å². The lowest BCUT2D eigenvalue weighted by atomic mass is 9.83. The Bertz CT molecular complexity index is 1010. The van der Waals surface area contributed by atoms with E-state index in [-0.39, 0.29) is 28.8 Å². The van der Waals surface area contributed by atoms with Crippen LogP contribution in [0.3, 0.4) is 0 Å². The minimum Gasteiger partial charge on any atom is -0.508 e. The summed E-state index contributed by atoms with van der Waals surface area (Å²) in [5.74, 6) is -0.0607. The molecule has 1 heterocycles. The van der Waals surface area contributed by atoms with Gasteiger partial charge in [0.05, 0.1) is 11.2 Å². The molecule has 31 heavy (non-hydrogen) atoms. The maximum Gasteiger partial charge on any atom is 0.189 e. The molecule has 0 amide bonds. The fourth-order valence-corrected chi connectivity index (χ4v) is 4.03. The smallest absolute Gasteiger partial charge is 0.189 e. The molecule has 0 saturated carbocycles. The predicted octanol–water partition coefficient (Wildman–Crippen LogP) is 5.36. The highest BCUT2D eigenvalue weighted by Crippen LogP contribution is 2.48. The second-order valence-corrected chi connectivity index (χ2v) is 8.67. The zero-order valence-corrected chi connectivity index (χ0v) is 18.4. The van der Waals surface area contributed by atoms with E-state index in [0.717, 1.165) is 12.0 Å². The summed E-state index contributed by atoms with van der Waals surface area (Å²) in [4.78, 5) is 12.7. The van der Waals surface area contributed by atoms with E-state index in [1.165, 1.54) is 11.6 Å². The largest absolute Gasteiger partial charge is 0.508 e. The summed E-state index contributed by atoms with van der Waals surface area (Å²) in [5, 5.41) is 31.3. The number of benzene rings is 2. The molecule has 0 spiro atoms. The predicted molar refractivity (Wildman–Crippen MR) is 122 cm³/mol. The fourth-order valence-electron chi connectivity index (χ4n) is 4.03. The number of allylic oxidation sites excluding steroid dienone is 3. The minimum atomic E-state index is -1.08. The van der Waals surface area contributed by atoms with Crippen LogP contribution in [0, 0.1) is 0 Å². The first-order chi connectivity index (χ1) is 14.6. The summed E-state index contributed by atoms with van der Waals surface area (Å²) < 4.78 is 6.01. The van der Waals surface area contributed by atoms with E-state index in [2.05, 4.69) is 6.08 Å². The first-order valence-electron chi connectivity index (χ1n) is 10.5. The lowest BCUT2D eigenvalue weighted by Crippen LogP contribution is -2.43. The standard InChI is InChI=1S/C26H30O5/c1-16(2)6-5-15-26(4,30)25-17(3)23-22(31-25)14-12-20(24(23)29)21(28)13-9-18-7-10-19(27)11-8-18/h6-14,17,25,27,29-30H,5,15H2,1-4H3/b13-9+. The number of hydrogen-bond donors (Lipinski definition) is 3. The summed E-state index contributed by atoms with van der Waals surface area (Å²) in [6.45, 7) is 7.69. The number of aromatic hydroxyl groups is 2. The maximum absolute atomic E-state index is 12.7. The van der Waals surface area contributed by atoms with E-state index in [0.29, 0.717) is 17.7 Å². The number of phenolic OH excluding ortho intramolecular Hbond substituents is 2. The Balaban J connectivity index is 1.80. The number of fused-ring (bicyclic) bond motifs is 1. The molecule has 3 atom stereocenters. The fraction of sp³-hybridized carbons (Fsp3) is 0.346. The van der Waals surface area contributed by atoms with Crippen LogP contribution in [-0.4, -0.2) is 32.8 Å². The first-order valence-corrected chi connectivity index (χ1v) is 10.5. The number of hydrogen-bond acceptors (Lipinski definition) is 5. The SMILES string of the molecule is CC(C)=CCCC(C)(O)C1Oc2ccc(C(=O)/C=C/c3ccc(O)cc3)c(O)c2C1C. The van der Waals surface area contributed by atoms with Crippen LogP contribution in [0.25, 0.3) is 6.08 Å². The van der Waals surface area contributed by atoms with E-state index < -0.39 is 11.7 Å². The third-order valence-corrected chi connectivity index (χ3v) is 5.74. The van der Waals surface area contributed by atoms with E-state index in [4.69, 9.17) is 4.74 Å². The van der Waals surface area contributed by atoms with Crippen LogP contribution >= 0.6 is 0 Å². The molecule has 0 aliphatic carbocycles. The van der Waals surface area contributed by atoms with Gasteiger partial charge >= 0.3 is 0 Å². The number of carbonyl (C=O) groups is 1. The summed E-state index contributed by atoms with van der Waals surface area (Å²) in [7, 11) is 0. The van der Waals surface area contributed by atoms with Gasteiger partial charge in [0.25, 0.3) is 0 Å². The quantitative estimate of drug-likeness (QED) is 0.318. The summed E-state index contributed by atoms with van der Waals surface area (Å²) in [6.07, 6.45) is 5.85. The molecule has 0 aromatic heterocycles. The van der Waals surface area contributed by atoms with Crippen LogP contribution in [0.2, 0.25) is 0 Å². The molecule has 5 nitrogen and oxygen atoms in total. The van der Waals surface area contributed by atoms with Crippen LogP contribution in [0.5, 0.6) is 17.2 Å². The number of aliphatic hydroxyl groups is 1. The van der Waals surface area contributed by atoms with Crippen molar-refractivity contribution in [2.24, 2.45) is 0 Å². The van der Waals surface area contributed by atoms with Gasteiger partial charge in [-0.3, -0.25) is 4.79 Å². The molecule has 0 radical (unpaired) electrons. The van der Waals surface area contributed by atoms with Gasteiger partial charge in [-0.2, -0.15) is 0 Å². The Kier molecular flexibility index (Phi) is 6.56. The molecule has 2 aromatic carbocycles. The number of carbonyl (C=O) groups excluding carboxylic acids is 1. The van der Waals surface area contributed by atoms with Crippen molar-refractivity contribution in [1.82, 2.24) is 0 Å². The third kappa shape index (κ3) is 5.00. The average Bonchev–Trinajstić information content (AvgIpc) is 3.05. The van der Waals surface area contributed by atoms with Crippen LogP contribution in [-0.2, 0) is 0 Å². The number of rotatable bonds is 7.